The summed E-state index contributed by atoms with van der Waals surface area (Å²) in [4.78, 5) is 11.1. The minimum absolute atomic E-state index is 0.310. The number of aryl methyl sites for hydroxylation is 1. The van der Waals surface area contributed by atoms with Gasteiger partial charge in [-0.1, -0.05) is 13.0 Å². The number of carbonyl (C=O) groups is 1. The first-order chi connectivity index (χ1) is 8.54. The summed E-state index contributed by atoms with van der Waals surface area (Å²) >= 11 is 0. The second kappa shape index (κ2) is 6.96. The van der Waals surface area contributed by atoms with Crippen LogP contribution in [0.5, 0.6) is 5.75 Å². The molecule has 0 bridgehead atoms. The summed E-state index contributed by atoms with van der Waals surface area (Å²) in [6.45, 7) is 4.70. The molecule has 4 nitrogen and oxygen atoms in total. The second-order valence-corrected chi connectivity index (χ2v) is 4.06. The number of nitrogens with one attached hydrogen (secondary N) is 1. The van der Waals surface area contributed by atoms with Gasteiger partial charge in [0.1, 0.15) is 11.6 Å². The zero-order valence-corrected chi connectivity index (χ0v) is 10.7. The van der Waals surface area contributed by atoms with Gasteiger partial charge < -0.3 is 15.8 Å². The average Bonchev–Trinajstić information content (AvgIpc) is 2.32. The van der Waals surface area contributed by atoms with Crippen molar-refractivity contribution in [2.24, 2.45) is 5.73 Å². The maximum absolute atomic E-state index is 13.0. The molecule has 0 saturated carbocycles. The van der Waals surface area contributed by atoms with Crippen molar-refractivity contribution >= 4 is 5.91 Å². The van der Waals surface area contributed by atoms with Crippen LogP contribution in [0.25, 0.3) is 0 Å². The predicted octanol–water partition coefficient (Wildman–Crippen LogP) is 1.37. The van der Waals surface area contributed by atoms with Crippen molar-refractivity contribution in [1.29, 1.82) is 0 Å². The van der Waals surface area contributed by atoms with E-state index in [0.29, 0.717) is 25.3 Å². The molecule has 0 aliphatic rings. The van der Waals surface area contributed by atoms with Gasteiger partial charge in [0.05, 0.1) is 12.6 Å². The fourth-order valence-electron chi connectivity index (χ4n) is 1.61. The van der Waals surface area contributed by atoms with E-state index in [-0.39, 0.29) is 5.82 Å². The number of likely N-dealkylation sites (N-methyl/N-ethyl adjacent to an activating group) is 1. The molecular formula is C13H19FN2O2. The van der Waals surface area contributed by atoms with E-state index in [9.17, 15) is 9.18 Å². The Bertz CT molecular complexity index is 410. The topological polar surface area (TPSA) is 64.3 Å². The van der Waals surface area contributed by atoms with Crippen LogP contribution in [-0.4, -0.2) is 25.1 Å². The highest BCUT2D eigenvalue weighted by Crippen LogP contribution is 2.18. The number of benzene rings is 1. The lowest BCUT2D eigenvalue weighted by molar-refractivity contribution is -0.120. The fraction of sp³-hybridized carbons (Fsp3) is 0.462. The Hall–Kier alpha value is -1.62. The monoisotopic (exact) mass is 254 g/mol. The molecule has 0 heterocycles. The Balaban J connectivity index is 2.49. The zero-order chi connectivity index (χ0) is 13.5. The summed E-state index contributed by atoms with van der Waals surface area (Å²) in [6.07, 6.45) is 0.457. The van der Waals surface area contributed by atoms with Gasteiger partial charge in [-0.2, -0.15) is 0 Å². The van der Waals surface area contributed by atoms with E-state index in [1.807, 2.05) is 13.8 Å². The average molecular weight is 254 g/mol. The van der Waals surface area contributed by atoms with E-state index in [1.165, 1.54) is 12.1 Å². The van der Waals surface area contributed by atoms with E-state index >= 15 is 0 Å². The van der Waals surface area contributed by atoms with Gasteiger partial charge in [0.2, 0.25) is 5.91 Å². The number of halogens is 1. The van der Waals surface area contributed by atoms with Gasteiger partial charge >= 0.3 is 0 Å². The summed E-state index contributed by atoms with van der Waals surface area (Å²) in [7, 11) is 0. The third-order valence-electron chi connectivity index (χ3n) is 2.61. The Kier molecular flexibility index (Phi) is 5.58. The van der Waals surface area contributed by atoms with E-state index in [1.54, 1.807) is 6.07 Å². The van der Waals surface area contributed by atoms with Crippen molar-refractivity contribution in [2.75, 3.05) is 13.2 Å². The van der Waals surface area contributed by atoms with Gasteiger partial charge in [0, 0.05) is 12.5 Å². The number of carbonyl (C=O) groups excluding carboxylic acids is 1. The number of rotatable bonds is 7. The molecule has 0 aliphatic carbocycles. The third kappa shape index (κ3) is 4.33. The normalized spacial score (nSPS) is 12.2. The second-order valence-electron chi connectivity index (χ2n) is 4.06. The van der Waals surface area contributed by atoms with Gasteiger partial charge in [0.15, 0.2) is 0 Å². The summed E-state index contributed by atoms with van der Waals surface area (Å²) in [5.74, 6) is -0.250. The van der Waals surface area contributed by atoms with Crippen LogP contribution in [0, 0.1) is 12.7 Å². The number of amides is 1. The zero-order valence-electron chi connectivity index (χ0n) is 10.7. The Morgan fingerprint density at radius 1 is 1.56 bits per heavy atom. The minimum atomic E-state index is -0.413. The van der Waals surface area contributed by atoms with E-state index < -0.39 is 11.9 Å². The molecule has 100 valence electrons. The Labute approximate surface area is 106 Å². The molecule has 0 fully saturated rings. The summed E-state index contributed by atoms with van der Waals surface area (Å²) < 4.78 is 18.5. The highest BCUT2D eigenvalue weighted by molar-refractivity contribution is 5.79. The van der Waals surface area contributed by atoms with Gasteiger partial charge in [0.25, 0.3) is 0 Å². The lowest BCUT2D eigenvalue weighted by Crippen LogP contribution is -2.42. The van der Waals surface area contributed by atoms with Gasteiger partial charge in [-0.05, 0) is 25.1 Å². The van der Waals surface area contributed by atoms with E-state index in [0.717, 1.165) is 5.56 Å². The van der Waals surface area contributed by atoms with Crippen molar-refractivity contribution in [2.45, 2.75) is 26.3 Å². The van der Waals surface area contributed by atoms with Crippen LogP contribution in [0.1, 0.15) is 18.9 Å². The molecule has 0 aliphatic heterocycles. The molecule has 0 saturated heterocycles. The molecule has 1 rings (SSSR count). The van der Waals surface area contributed by atoms with Gasteiger partial charge in [-0.3, -0.25) is 4.79 Å². The number of ether oxygens (including phenoxy) is 1. The molecule has 5 heteroatoms. The van der Waals surface area contributed by atoms with Crippen LogP contribution in [0.3, 0.4) is 0 Å². The molecule has 1 amide bonds. The molecule has 1 aromatic rings. The first-order valence-corrected chi connectivity index (χ1v) is 5.96. The molecule has 1 atom stereocenters. The quantitative estimate of drug-likeness (QED) is 0.772. The Morgan fingerprint density at radius 2 is 2.28 bits per heavy atom. The fourth-order valence-corrected chi connectivity index (χ4v) is 1.61. The molecule has 1 unspecified atom stereocenters. The molecular weight excluding hydrogens is 235 g/mol. The minimum Gasteiger partial charge on any atom is -0.493 e. The van der Waals surface area contributed by atoms with E-state index in [4.69, 9.17) is 10.5 Å². The predicted molar refractivity (Wildman–Crippen MR) is 67.9 cm³/mol. The third-order valence-corrected chi connectivity index (χ3v) is 2.61. The smallest absolute Gasteiger partial charge is 0.234 e. The molecule has 18 heavy (non-hydrogen) atoms. The van der Waals surface area contributed by atoms with Crippen LogP contribution < -0.4 is 15.8 Å². The van der Waals surface area contributed by atoms with Crippen molar-refractivity contribution in [3.05, 3.63) is 29.6 Å². The number of primary amides is 1. The summed E-state index contributed by atoms with van der Waals surface area (Å²) in [5, 5.41) is 2.97. The molecule has 1 aromatic carbocycles. The number of nitrogens with two attached hydrogens (primary N) is 1. The SMILES string of the molecule is CCNC(CCOc1cc(F)ccc1C)C(N)=O. The van der Waals surface area contributed by atoms with Crippen LogP contribution in [-0.2, 0) is 4.79 Å². The van der Waals surface area contributed by atoms with Crippen LogP contribution >= 0.6 is 0 Å². The van der Waals surface area contributed by atoms with Crippen LogP contribution in [0.2, 0.25) is 0 Å². The van der Waals surface area contributed by atoms with Gasteiger partial charge in [-0.15, -0.1) is 0 Å². The van der Waals surface area contributed by atoms with Crippen molar-refractivity contribution in [3.8, 4) is 5.75 Å². The molecule has 0 radical (unpaired) electrons. The maximum Gasteiger partial charge on any atom is 0.234 e. The largest absolute Gasteiger partial charge is 0.493 e. The summed E-state index contributed by atoms with van der Waals surface area (Å²) in [5.41, 5.74) is 6.10. The highest BCUT2D eigenvalue weighted by Gasteiger charge is 2.13. The van der Waals surface area contributed by atoms with Gasteiger partial charge in [-0.25, -0.2) is 4.39 Å². The van der Waals surface area contributed by atoms with Crippen molar-refractivity contribution in [1.82, 2.24) is 5.32 Å². The van der Waals surface area contributed by atoms with Crippen molar-refractivity contribution < 1.29 is 13.9 Å². The first-order valence-electron chi connectivity index (χ1n) is 5.96. The standard InChI is InChI=1S/C13H19FN2O2/c1-3-16-11(13(15)17)6-7-18-12-8-10(14)5-4-9(12)2/h4-5,8,11,16H,3,6-7H2,1-2H3,(H2,15,17). The number of hydrogen-bond donors (Lipinski definition) is 2. The first kappa shape index (κ1) is 14.4. The number of hydrogen-bond acceptors (Lipinski definition) is 3. The highest BCUT2D eigenvalue weighted by atomic mass is 19.1. The lowest BCUT2D eigenvalue weighted by Gasteiger charge is -2.15. The lowest BCUT2D eigenvalue weighted by atomic mass is 10.2. The van der Waals surface area contributed by atoms with Crippen LogP contribution in [0.4, 0.5) is 4.39 Å². The van der Waals surface area contributed by atoms with Crippen LogP contribution in [0.15, 0.2) is 18.2 Å². The molecule has 0 aromatic heterocycles. The maximum atomic E-state index is 13.0. The molecule has 0 spiro atoms. The molecule has 3 N–H and O–H groups in total. The summed E-state index contributed by atoms with van der Waals surface area (Å²) in [6, 6.07) is 3.96. The Morgan fingerprint density at radius 3 is 2.89 bits per heavy atom. The van der Waals surface area contributed by atoms with Crippen molar-refractivity contribution in [3.63, 3.8) is 0 Å². The van der Waals surface area contributed by atoms with E-state index in [2.05, 4.69) is 5.32 Å².